The van der Waals surface area contributed by atoms with Crippen molar-refractivity contribution >= 4 is 17.4 Å². The third kappa shape index (κ3) is 4.12. The van der Waals surface area contributed by atoms with E-state index in [1.54, 1.807) is 25.6 Å². The summed E-state index contributed by atoms with van der Waals surface area (Å²) < 4.78 is 10.7. The third-order valence-corrected chi connectivity index (χ3v) is 5.66. The van der Waals surface area contributed by atoms with Crippen LogP contribution in [-0.2, 0) is 6.42 Å². The molecule has 1 fully saturated rings. The summed E-state index contributed by atoms with van der Waals surface area (Å²) in [4.78, 5) is 16.0. The zero-order chi connectivity index (χ0) is 18.5. The number of methoxy groups -OCH3 is 2. The van der Waals surface area contributed by atoms with E-state index in [1.165, 1.54) is 4.88 Å². The number of benzene rings is 1. The first-order valence-electron chi connectivity index (χ1n) is 8.93. The van der Waals surface area contributed by atoms with Crippen molar-refractivity contribution in [1.82, 2.24) is 10.2 Å². The zero-order valence-electron chi connectivity index (χ0n) is 15.5. The number of rotatable bonds is 6. The van der Waals surface area contributed by atoms with Gasteiger partial charge in [0.05, 0.1) is 20.3 Å². The van der Waals surface area contributed by atoms with Gasteiger partial charge in [-0.15, -0.1) is 11.3 Å². The zero-order valence-corrected chi connectivity index (χ0v) is 16.3. The molecule has 1 aromatic carbocycles. The summed E-state index contributed by atoms with van der Waals surface area (Å²) in [6.07, 6.45) is 2.83. The Hall–Kier alpha value is -2.21. The summed E-state index contributed by atoms with van der Waals surface area (Å²) >= 11 is 1.72. The lowest BCUT2D eigenvalue weighted by atomic mass is 10.0. The molecule has 1 aliphatic rings. The minimum Gasteiger partial charge on any atom is -0.493 e. The van der Waals surface area contributed by atoms with Crippen LogP contribution >= 0.6 is 11.3 Å². The Morgan fingerprint density at radius 1 is 1.31 bits per heavy atom. The van der Waals surface area contributed by atoms with E-state index in [4.69, 9.17) is 9.47 Å². The number of amides is 2. The molecule has 140 valence electrons. The number of urea groups is 1. The van der Waals surface area contributed by atoms with Crippen molar-refractivity contribution in [3.8, 4) is 11.5 Å². The first-order valence-corrected chi connectivity index (χ1v) is 9.81. The number of thiophene rings is 1. The van der Waals surface area contributed by atoms with Crippen LogP contribution in [0.25, 0.3) is 0 Å². The molecule has 1 saturated heterocycles. The highest BCUT2D eigenvalue weighted by Crippen LogP contribution is 2.36. The number of hydrogen-bond acceptors (Lipinski definition) is 4. The quantitative estimate of drug-likeness (QED) is 0.823. The number of carbonyl (C=O) groups is 1. The molecule has 3 rings (SSSR count). The van der Waals surface area contributed by atoms with Crippen molar-refractivity contribution in [3.63, 3.8) is 0 Å². The summed E-state index contributed by atoms with van der Waals surface area (Å²) in [7, 11) is 3.26. The molecule has 0 radical (unpaired) electrons. The average Bonchev–Trinajstić information content (AvgIpc) is 3.32. The van der Waals surface area contributed by atoms with E-state index in [1.807, 2.05) is 29.2 Å². The maximum absolute atomic E-state index is 12.8. The predicted octanol–water partition coefficient (Wildman–Crippen LogP) is 4.24. The average molecular weight is 375 g/mol. The fourth-order valence-electron chi connectivity index (χ4n) is 3.49. The van der Waals surface area contributed by atoms with Gasteiger partial charge in [-0.2, -0.15) is 0 Å². The van der Waals surface area contributed by atoms with E-state index < -0.39 is 0 Å². The van der Waals surface area contributed by atoms with Crippen LogP contribution in [0.1, 0.15) is 36.2 Å². The van der Waals surface area contributed by atoms with E-state index in [2.05, 4.69) is 23.7 Å². The Morgan fingerprint density at radius 2 is 2.12 bits per heavy atom. The van der Waals surface area contributed by atoms with Gasteiger partial charge in [0.1, 0.15) is 0 Å². The number of hydrogen-bond donors (Lipinski definition) is 1. The van der Waals surface area contributed by atoms with Crippen molar-refractivity contribution in [3.05, 3.63) is 46.2 Å². The standard InChI is InChI=1S/C20H26N2O3S/c1-14(12-16-6-5-11-26-16)21-20(23)22-10-4-7-17(22)15-8-9-18(24-2)19(13-15)25-3/h5-6,8-9,11,13-14,17H,4,7,10,12H2,1-3H3,(H,21,23). The van der Waals surface area contributed by atoms with E-state index in [-0.39, 0.29) is 18.1 Å². The van der Waals surface area contributed by atoms with Gasteiger partial charge < -0.3 is 19.7 Å². The van der Waals surface area contributed by atoms with Crippen molar-refractivity contribution in [1.29, 1.82) is 0 Å². The summed E-state index contributed by atoms with van der Waals surface area (Å²) in [5.41, 5.74) is 1.08. The highest BCUT2D eigenvalue weighted by atomic mass is 32.1. The SMILES string of the molecule is COc1ccc(C2CCCN2C(=O)NC(C)Cc2cccs2)cc1OC. The van der Waals surface area contributed by atoms with Crippen LogP contribution in [0.5, 0.6) is 11.5 Å². The minimum atomic E-state index is 0.00587. The Labute approximate surface area is 158 Å². The van der Waals surface area contributed by atoms with Gasteiger partial charge in [0.15, 0.2) is 11.5 Å². The number of nitrogens with one attached hydrogen (secondary N) is 1. The molecule has 0 aliphatic carbocycles. The smallest absolute Gasteiger partial charge is 0.318 e. The highest BCUT2D eigenvalue weighted by Gasteiger charge is 2.31. The van der Waals surface area contributed by atoms with Gasteiger partial charge in [-0.3, -0.25) is 0 Å². The van der Waals surface area contributed by atoms with Crippen molar-refractivity contribution in [2.24, 2.45) is 0 Å². The number of carbonyl (C=O) groups excluding carboxylic acids is 1. The third-order valence-electron chi connectivity index (χ3n) is 4.76. The Kier molecular flexibility index (Phi) is 6.04. The second kappa shape index (κ2) is 8.45. The monoisotopic (exact) mass is 374 g/mol. The van der Waals surface area contributed by atoms with E-state index >= 15 is 0 Å². The van der Waals surface area contributed by atoms with Gasteiger partial charge in [-0.05, 0) is 48.9 Å². The van der Waals surface area contributed by atoms with E-state index in [0.29, 0.717) is 11.5 Å². The maximum atomic E-state index is 12.8. The first-order chi connectivity index (χ1) is 12.6. The van der Waals surface area contributed by atoms with Gasteiger partial charge in [0.2, 0.25) is 0 Å². The van der Waals surface area contributed by atoms with Crippen LogP contribution in [0, 0.1) is 0 Å². The molecular formula is C20H26N2O3S. The minimum absolute atomic E-state index is 0.00587. The van der Waals surface area contributed by atoms with Crippen molar-refractivity contribution in [2.75, 3.05) is 20.8 Å². The fourth-order valence-corrected chi connectivity index (χ4v) is 4.33. The molecule has 2 aromatic rings. The molecule has 2 atom stereocenters. The summed E-state index contributed by atoms with van der Waals surface area (Å²) in [5, 5.41) is 5.22. The molecule has 2 amide bonds. The highest BCUT2D eigenvalue weighted by molar-refractivity contribution is 7.09. The molecule has 5 nitrogen and oxygen atoms in total. The number of likely N-dealkylation sites (tertiary alicyclic amines) is 1. The molecule has 1 N–H and O–H groups in total. The van der Waals surface area contributed by atoms with Crippen molar-refractivity contribution < 1.29 is 14.3 Å². The van der Waals surface area contributed by atoms with Crippen molar-refractivity contribution in [2.45, 2.75) is 38.3 Å². The second-order valence-corrected chi connectivity index (χ2v) is 7.63. The Balaban J connectivity index is 1.68. The van der Waals surface area contributed by atoms with Crippen LogP contribution in [-0.4, -0.2) is 37.7 Å². The summed E-state index contributed by atoms with van der Waals surface area (Å²) in [6.45, 7) is 2.83. The maximum Gasteiger partial charge on any atom is 0.318 e. The van der Waals surface area contributed by atoms with Crippen LogP contribution < -0.4 is 14.8 Å². The fraction of sp³-hybridized carbons (Fsp3) is 0.450. The first kappa shape index (κ1) is 18.6. The van der Waals surface area contributed by atoms with E-state index in [9.17, 15) is 4.79 Å². The molecule has 6 heteroatoms. The van der Waals surface area contributed by atoms with Crippen LogP contribution in [0.2, 0.25) is 0 Å². The topological polar surface area (TPSA) is 50.8 Å². The molecule has 0 bridgehead atoms. The molecule has 0 saturated carbocycles. The second-order valence-electron chi connectivity index (χ2n) is 6.60. The van der Waals surface area contributed by atoms with Crippen LogP contribution in [0.15, 0.2) is 35.7 Å². The van der Waals surface area contributed by atoms with Crippen LogP contribution in [0.3, 0.4) is 0 Å². The van der Waals surface area contributed by atoms with Gasteiger partial charge in [0.25, 0.3) is 0 Å². The molecular weight excluding hydrogens is 348 g/mol. The van der Waals surface area contributed by atoms with Crippen LogP contribution in [0.4, 0.5) is 4.79 Å². The van der Waals surface area contributed by atoms with Gasteiger partial charge in [0, 0.05) is 23.9 Å². The molecule has 1 aromatic heterocycles. The molecule has 26 heavy (non-hydrogen) atoms. The van der Waals surface area contributed by atoms with Gasteiger partial charge >= 0.3 is 6.03 Å². The van der Waals surface area contributed by atoms with Gasteiger partial charge in [-0.25, -0.2) is 4.79 Å². The summed E-state index contributed by atoms with van der Waals surface area (Å²) in [6, 6.07) is 10.2. The lowest BCUT2D eigenvalue weighted by Gasteiger charge is -2.27. The molecule has 2 unspecified atom stereocenters. The molecule has 2 heterocycles. The van der Waals surface area contributed by atoms with E-state index in [0.717, 1.165) is 31.4 Å². The summed E-state index contributed by atoms with van der Waals surface area (Å²) in [5.74, 6) is 1.40. The number of ether oxygens (including phenoxy) is 2. The Morgan fingerprint density at radius 3 is 2.81 bits per heavy atom. The lowest BCUT2D eigenvalue weighted by molar-refractivity contribution is 0.189. The molecule has 1 aliphatic heterocycles. The molecule has 0 spiro atoms. The van der Waals surface area contributed by atoms with Gasteiger partial charge in [-0.1, -0.05) is 12.1 Å². The largest absolute Gasteiger partial charge is 0.493 e. The predicted molar refractivity (Wildman–Crippen MR) is 104 cm³/mol. The normalized spacial score (nSPS) is 17.8. The number of nitrogens with zero attached hydrogens (tertiary/aromatic N) is 1. The lowest BCUT2D eigenvalue weighted by Crippen LogP contribution is -2.44. The Bertz CT molecular complexity index is 733.